The Morgan fingerprint density at radius 3 is 2.85 bits per heavy atom. The largest absolute Gasteiger partial charge is 0.508 e. The fourth-order valence-corrected chi connectivity index (χ4v) is 2.49. The molecular formula is C16H22NO3+. The molecule has 4 heteroatoms. The van der Waals surface area contributed by atoms with Crippen molar-refractivity contribution in [3.05, 3.63) is 39.7 Å². The van der Waals surface area contributed by atoms with E-state index >= 15 is 0 Å². The Bertz CT molecular complexity index is 661. The third-order valence-corrected chi connectivity index (χ3v) is 3.70. The van der Waals surface area contributed by atoms with Crippen molar-refractivity contribution >= 4 is 11.0 Å². The molecule has 0 fully saturated rings. The maximum atomic E-state index is 11.7. The topological polar surface area (TPSA) is 67.0 Å². The van der Waals surface area contributed by atoms with Crippen LogP contribution in [0, 0.1) is 6.92 Å². The summed E-state index contributed by atoms with van der Waals surface area (Å²) in [4.78, 5) is 11.7. The van der Waals surface area contributed by atoms with Crippen LogP contribution in [0.4, 0.5) is 0 Å². The van der Waals surface area contributed by atoms with Gasteiger partial charge in [0.15, 0.2) is 0 Å². The van der Waals surface area contributed by atoms with Gasteiger partial charge in [-0.3, -0.25) is 0 Å². The predicted octanol–water partition coefficient (Wildman–Crippen LogP) is 2.06. The van der Waals surface area contributed by atoms with Crippen molar-refractivity contribution in [3.8, 4) is 5.75 Å². The van der Waals surface area contributed by atoms with E-state index in [1.54, 1.807) is 19.1 Å². The van der Waals surface area contributed by atoms with Crippen LogP contribution in [0.25, 0.3) is 11.0 Å². The maximum Gasteiger partial charge on any atom is 0.336 e. The number of benzene rings is 1. The van der Waals surface area contributed by atoms with E-state index in [0.29, 0.717) is 17.2 Å². The molecule has 0 spiro atoms. The first-order valence-corrected chi connectivity index (χ1v) is 7.11. The molecule has 3 N–H and O–H groups in total. The summed E-state index contributed by atoms with van der Waals surface area (Å²) >= 11 is 0. The molecule has 1 atom stereocenters. The van der Waals surface area contributed by atoms with Crippen molar-refractivity contribution in [1.29, 1.82) is 0 Å². The van der Waals surface area contributed by atoms with Gasteiger partial charge in [0.2, 0.25) is 0 Å². The average Bonchev–Trinajstić information content (AvgIpc) is 2.41. The second-order valence-electron chi connectivity index (χ2n) is 5.38. The zero-order chi connectivity index (χ0) is 14.7. The van der Waals surface area contributed by atoms with Gasteiger partial charge in [0.1, 0.15) is 17.9 Å². The summed E-state index contributed by atoms with van der Waals surface area (Å²) in [6.07, 6.45) is 2.31. The van der Waals surface area contributed by atoms with Gasteiger partial charge >= 0.3 is 5.63 Å². The second kappa shape index (κ2) is 6.09. The fourth-order valence-electron chi connectivity index (χ4n) is 2.49. The number of aromatic hydroxyl groups is 1. The minimum absolute atomic E-state index is 0.154. The van der Waals surface area contributed by atoms with Gasteiger partial charge in [0.05, 0.1) is 6.04 Å². The highest BCUT2D eigenvalue weighted by Gasteiger charge is 2.12. The number of nitrogens with two attached hydrogens (primary N) is 1. The first-order chi connectivity index (χ1) is 9.52. The van der Waals surface area contributed by atoms with E-state index in [-0.39, 0.29) is 11.4 Å². The first-order valence-electron chi connectivity index (χ1n) is 7.11. The molecule has 4 nitrogen and oxygen atoms in total. The molecule has 0 aliphatic carbocycles. The van der Waals surface area contributed by atoms with E-state index in [1.807, 2.05) is 6.07 Å². The number of hydrogen-bond donors (Lipinski definition) is 2. The summed E-state index contributed by atoms with van der Waals surface area (Å²) < 4.78 is 5.24. The molecule has 0 amide bonds. The lowest BCUT2D eigenvalue weighted by atomic mass is 10.1. The number of rotatable bonds is 5. The zero-order valence-electron chi connectivity index (χ0n) is 12.3. The third-order valence-electron chi connectivity index (χ3n) is 3.70. The molecule has 2 rings (SSSR count). The summed E-state index contributed by atoms with van der Waals surface area (Å²) in [5.41, 5.74) is 1.70. The van der Waals surface area contributed by atoms with Gasteiger partial charge in [0, 0.05) is 22.6 Å². The Morgan fingerprint density at radius 2 is 2.15 bits per heavy atom. The quantitative estimate of drug-likeness (QED) is 0.821. The zero-order valence-corrected chi connectivity index (χ0v) is 12.3. The highest BCUT2D eigenvalue weighted by Crippen LogP contribution is 2.26. The summed E-state index contributed by atoms with van der Waals surface area (Å²) in [7, 11) is 0. The monoisotopic (exact) mass is 276 g/mol. The summed E-state index contributed by atoms with van der Waals surface area (Å²) in [5, 5.41) is 12.9. The minimum atomic E-state index is -0.363. The Morgan fingerprint density at radius 1 is 1.40 bits per heavy atom. The number of phenols is 1. The molecule has 0 radical (unpaired) electrons. The Labute approximate surface area is 118 Å². The lowest BCUT2D eigenvalue weighted by molar-refractivity contribution is -0.701. The van der Waals surface area contributed by atoms with E-state index in [1.165, 1.54) is 0 Å². The smallest absolute Gasteiger partial charge is 0.336 e. The lowest BCUT2D eigenvalue weighted by Gasteiger charge is -2.11. The van der Waals surface area contributed by atoms with Gasteiger partial charge in [-0.1, -0.05) is 13.3 Å². The molecule has 0 unspecified atom stereocenters. The maximum absolute atomic E-state index is 11.7. The van der Waals surface area contributed by atoms with Crippen molar-refractivity contribution in [2.24, 2.45) is 0 Å². The van der Waals surface area contributed by atoms with Crippen LogP contribution < -0.4 is 10.9 Å². The van der Waals surface area contributed by atoms with Crippen LogP contribution in [-0.2, 0) is 6.54 Å². The molecule has 0 aliphatic heterocycles. The molecule has 0 saturated carbocycles. The Balaban J connectivity index is 2.38. The number of hydrogen-bond acceptors (Lipinski definition) is 3. The van der Waals surface area contributed by atoms with Gasteiger partial charge < -0.3 is 14.8 Å². The molecule has 108 valence electrons. The van der Waals surface area contributed by atoms with Crippen LogP contribution in [0.2, 0.25) is 0 Å². The molecule has 1 aromatic heterocycles. The van der Waals surface area contributed by atoms with E-state index in [9.17, 15) is 9.90 Å². The minimum Gasteiger partial charge on any atom is -0.508 e. The van der Waals surface area contributed by atoms with Crippen molar-refractivity contribution in [1.82, 2.24) is 0 Å². The van der Waals surface area contributed by atoms with Gasteiger partial charge in [-0.05, 0) is 32.4 Å². The van der Waals surface area contributed by atoms with Crippen LogP contribution in [0.1, 0.15) is 37.8 Å². The number of phenolic OH excluding ortho intramolecular Hbond substituents is 1. The summed E-state index contributed by atoms with van der Waals surface area (Å²) in [6.45, 7) is 6.86. The Hall–Kier alpha value is -1.81. The number of quaternary nitrogens is 1. The molecule has 0 saturated heterocycles. The molecule has 1 heterocycles. The average molecular weight is 276 g/mol. The number of fused-ring (bicyclic) bond motifs is 1. The van der Waals surface area contributed by atoms with Gasteiger partial charge in [-0.2, -0.15) is 0 Å². The lowest BCUT2D eigenvalue weighted by Crippen LogP contribution is -2.87. The normalized spacial score (nSPS) is 12.8. The van der Waals surface area contributed by atoms with Gasteiger partial charge in [-0.25, -0.2) is 4.79 Å². The van der Waals surface area contributed by atoms with E-state index < -0.39 is 0 Å². The molecule has 1 aromatic carbocycles. The number of aryl methyl sites for hydroxylation is 1. The SMILES string of the molecule is CCC[C@H](C)[NH2+]Cc1cc(=O)oc2c(C)c(O)ccc12. The van der Waals surface area contributed by atoms with Crippen molar-refractivity contribution < 1.29 is 14.8 Å². The van der Waals surface area contributed by atoms with Crippen LogP contribution >= 0.6 is 0 Å². The summed E-state index contributed by atoms with van der Waals surface area (Å²) in [5.74, 6) is 0.154. The van der Waals surface area contributed by atoms with Crippen molar-refractivity contribution in [2.45, 2.75) is 46.2 Å². The highest BCUT2D eigenvalue weighted by molar-refractivity contribution is 5.84. The standard InChI is InChI=1S/C16H21NO3/c1-4-5-10(2)17-9-12-8-15(19)20-16-11(3)14(18)7-6-13(12)16/h6-8,10,17-18H,4-5,9H2,1-3H3/p+1/t10-/m0/s1. The molecule has 0 aliphatic rings. The van der Waals surface area contributed by atoms with Gasteiger partial charge in [0.25, 0.3) is 0 Å². The third kappa shape index (κ3) is 3.02. The second-order valence-corrected chi connectivity index (χ2v) is 5.38. The van der Waals surface area contributed by atoms with Gasteiger partial charge in [-0.15, -0.1) is 0 Å². The van der Waals surface area contributed by atoms with Crippen molar-refractivity contribution in [3.63, 3.8) is 0 Å². The fraction of sp³-hybridized carbons (Fsp3) is 0.438. The predicted molar refractivity (Wildman–Crippen MR) is 78.9 cm³/mol. The highest BCUT2D eigenvalue weighted by atomic mass is 16.4. The Kier molecular flexibility index (Phi) is 4.45. The van der Waals surface area contributed by atoms with Crippen molar-refractivity contribution in [2.75, 3.05) is 0 Å². The van der Waals surface area contributed by atoms with E-state index in [0.717, 1.165) is 30.3 Å². The van der Waals surface area contributed by atoms with Crippen LogP contribution in [0.15, 0.2) is 27.4 Å². The molecule has 0 bridgehead atoms. The first kappa shape index (κ1) is 14.6. The summed E-state index contributed by atoms with van der Waals surface area (Å²) in [6, 6.07) is 5.54. The molecule has 2 aromatic rings. The van der Waals surface area contributed by atoms with E-state index in [2.05, 4.69) is 19.2 Å². The van der Waals surface area contributed by atoms with Crippen LogP contribution in [-0.4, -0.2) is 11.1 Å². The van der Waals surface area contributed by atoms with E-state index in [4.69, 9.17) is 4.42 Å². The molecular weight excluding hydrogens is 254 g/mol. The molecule has 20 heavy (non-hydrogen) atoms. The van der Waals surface area contributed by atoms with Crippen LogP contribution in [0.3, 0.4) is 0 Å². The van der Waals surface area contributed by atoms with Crippen LogP contribution in [0.5, 0.6) is 5.75 Å².